The van der Waals surface area contributed by atoms with E-state index in [-0.39, 0.29) is 35.8 Å². The number of hydrogen-bond donors (Lipinski definition) is 2. The van der Waals surface area contributed by atoms with Crippen LogP contribution in [-0.2, 0) is 9.84 Å². The molecule has 1 aliphatic rings. The molecule has 0 aromatic rings. The van der Waals surface area contributed by atoms with Gasteiger partial charge in [0.25, 0.3) is 0 Å². The molecule has 138 valence electrons. The minimum absolute atomic E-state index is 0. The average Bonchev–Trinajstić information content (AvgIpc) is 2.41. The Balaban J connectivity index is 0.00000484. The van der Waals surface area contributed by atoms with Gasteiger partial charge in [-0.1, -0.05) is 32.1 Å². The fourth-order valence-corrected chi connectivity index (χ4v) is 3.66. The quantitative estimate of drug-likeness (QED) is 0.364. The number of nitrogens with zero attached hydrogens (tertiary/aromatic N) is 1. The van der Waals surface area contributed by atoms with Gasteiger partial charge in [-0.2, -0.15) is 0 Å². The van der Waals surface area contributed by atoms with Crippen LogP contribution in [0, 0.1) is 5.92 Å². The Kier molecular flexibility index (Phi) is 12.3. The van der Waals surface area contributed by atoms with Crippen molar-refractivity contribution in [3.05, 3.63) is 0 Å². The lowest BCUT2D eigenvalue weighted by Crippen LogP contribution is -2.44. The van der Waals surface area contributed by atoms with E-state index in [9.17, 15) is 8.42 Å². The molecule has 0 bridgehead atoms. The Morgan fingerprint density at radius 3 is 2.26 bits per heavy atom. The van der Waals surface area contributed by atoms with Crippen molar-refractivity contribution in [2.45, 2.75) is 64.3 Å². The number of halogens is 1. The van der Waals surface area contributed by atoms with E-state index in [4.69, 9.17) is 0 Å². The van der Waals surface area contributed by atoms with E-state index in [0.29, 0.717) is 6.42 Å². The van der Waals surface area contributed by atoms with Gasteiger partial charge >= 0.3 is 0 Å². The molecule has 0 aromatic carbocycles. The highest BCUT2D eigenvalue weighted by molar-refractivity contribution is 14.0. The van der Waals surface area contributed by atoms with E-state index in [1.807, 2.05) is 6.92 Å². The Morgan fingerprint density at radius 2 is 1.74 bits per heavy atom. The summed E-state index contributed by atoms with van der Waals surface area (Å²) in [5, 5.41) is 6.69. The molecule has 1 saturated carbocycles. The third kappa shape index (κ3) is 12.0. The minimum Gasteiger partial charge on any atom is -0.356 e. The third-order valence-electron chi connectivity index (χ3n) is 4.31. The molecule has 0 radical (unpaired) electrons. The van der Waals surface area contributed by atoms with Crippen LogP contribution in [0.1, 0.15) is 58.3 Å². The van der Waals surface area contributed by atoms with E-state index in [1.54, 1.807) is 7.05 Å². The van der Waals surface area contributed by atoms with Crippen molar-refractivity contribution in [2.75, 3.05) is 25.6 Å². The molecular formula is C16H34IN3O2S. The van der Waals surface area contributed by atoms with Gasteiger partial charge in [-0.15, -0.1) is 24.0 Å². The van der Waals surface area contributed by atoms with Crippen LogP contribution in [0.15, 0.2) is 4.99 Å². The molecule has 0 amide bonds. The molecule has 1 rings (SSSR count). The average molecular weight is 459 g/mol. The molecule has 5 nitrogen and oxygen atoms in total. The van der Waals surface area contributed by atoms with E-state index in [0.717, 1.165) is 18.4 Å². The lowest BCUT2D eigenvalue weighted by Gasteiger charge is -2.23. The third-order valence-corrected chi connectivity index (χ3v) is 5.29. The summed E-state index contributed by atoms with van der Waals surface area (Å²) in [6.07, 6.45) is 11.3. The monoisotopic (exact) mass is 459 g/mol. The maximum atomic E-state index is 11.2. The zero-order valence-corrected chi connectivity index (χ0v) is 18.0. The van der Waals surface area contributed by atoms with Crippen molar-refractivity contribution in [3.8, 4) is 0 Å². The van der Waals surface area contributed by atoms with Gasteiger partial charge in [0.2, 0.25) is 0 Å². The summed E-state index contributed by atoms with van der Waals surface area (Å²) in [4.78, 5) is 4.24. The first kappa shape index (κ1) is 22.9. The molecule has 1 aliphatic carbocycles. The molecule has 7 heteroatoms. The highest BCUT2D eigenvalue weighted by atomic mass is 127. The van der Waals surface area contributed by atoms with Gasteiger partial charge in [0.15, 0.2) is 5.96 Å². The lowest BCUT2D eigenvalue weighted by atomic mass is 9.91. The molecule has 0 saturated heterocycles. The molecule has 0 aliphatic heterocycles. The van der Waals surface area contributed by atoms with Crippen molar-refractivity contribution in [1.82, 2.24) is 10.6 Å². The zero-order chi connectivity index (χ0) is 16.4. The van der Waals surface area contributed by atoms with Gasteiger partial charge < -0.3 is 10.6 Å². The highest BCUT2D eigenvalue weighted by Crippen LogP contribution is 2.21. The second-order valence-corrected chi connectivity index (χ2v) is 8.89. The van der Waals surface area contributed by atoms with Crippen LogP contribution in [0.4, 0.5) is 0 Å². The van der Waals surface area contributed by atoms with Crippen molar-refractivity contribution in [1.29, 1.82) is 0 Å². The van der Waals surface area contributed by atoms with Crippen LogP contribution in [-0.4, -0.2) is 46.0 Å². The van der Waals surface area contributed by atoms with Gasteiger partial charge in [-0.25, -0.2) is 8.42 Å². The van der Waals surface area contributed by atoms with Crippen molar-refractivity contribution in [3.63, 3.8) is 0 Å². The smallest absolute Gasteiger partial charge is 0.191 e. The molecule has 1 fully saturated rings. The fraction of sp³-hybridized carbons (Fsp3) is 0.938. The first-order valence-corrected chi connectivity index (χ1v) is 10.6. The van der Waals surface area contributed by atoms with Crippen LogP contribution in [0.2, 0.25) is 0 Å². The molecule has 1 atom stereocenters. The zero-order valence-electron chi connectivity index (χ0n) is 14.8. The summed E-state index contributed by atoms with van der Waals surface area (Å²) in [6, 6.07) is 0.0956. The fourth-order valence-electron chi connectivity index (χ4n) is 2.88. The minimum atomic E-state index is -2.90. The van der Waals surface area contributed by atoms with Gasteiger partial charge in [0.05, 0.1) is 5.75 Å². The largest absolute Gasteiger partial charge is 0.356 e. The van der Waals surface area contributed by atoms with Crippen molar-refractivity contribution >= 4 is 39.8 Å². The number of nitrogens with one attached hydrogen (secondary N) is 2. The molecule has 0 aromatic heterocycles. The number of sulfone groups is 1. The van der Waals surface area contributed by atoms with Crippen LogP contribution >= 0.6 is 24.0 Å². The molecule has 0 heterocycles. The number of rotatable bonds is 6. The van der Waals surface area contributed by atoms with Crippen LogP contribution in [0.25, 0.3) is 0 Å². The molecule has 2 N–H and O–H groups in total. The van der Waals surface area contributed by atoms with E-state index in [1.165, 1.54) is 51.2 Å². The summed E-state index contributed by atoms with van der Waals surface area (Å²) in [7, 11) is -1.14. The maximum Gasteiger partial charge on any atom is 0.191 e. The summed E-state index contributed by atoms with van der Waals surface area (Å²) in [6.45, 7) is 2.95. The highest BCUT2D eigenvalue weighted by Gasteiger charge is 2.13. The second kappa shape index (κ2) is 12.3. The van der Waals surface area contributed by atoms with Crippen LogP contribution in [0.5, 0.6) is 0 Å². The Hall–Kier alpha value is -0.0500. The van der Waals surface area contributed by atoms with Gasteiger partial charge in [-0.3, -0.25) is 4.99 Å². The number of guanidine groups is 1. The second-order valence-electron chi connectivity index (χ2n) is 6.63. The summed E-state index contributed by atoms with van der Waals surface area (Å²) < 4.78 is 22.4. The van der Waals surface area contributed by atoms with Crippen molar-refractivity contribution < 1.29 is 8.42 Å². The first-order chi connectivity index (χ1) is 10.4. The molecule has 0 spiro atoms. The van der Waals surface area contributed by atoms with Crippen molar-refractivity contribution in [2.24, 2.45) is 10.9 Å². The Morgan fingerprint density at radius 1 is 1.17 bits per heavy atom. The molecule has 23 heavy (non-hydrogen) atoms. The maximum absolute atomic E-state index is 11.2. The van der Waals surface area contributed by atoms with Gasteiger partial charge in [-0.05, 0) is 32.1 Å². The van der Waals surface area contributed by atoms with Crippen LogP contribution < -0.4 is 10.6 Å². The summed E-state index contributed by atoms with van der Waals surface area (Å²) in [5.41, 5.74) is 0. The normalized spacial score (nSPS) is 19.2. The summed E-state index contributed by atoms with van der Waals surface area (Å²) in [5.74, 6) is 1.72. The predicted octanol–water partition coefficient (Wildman–Crippen LogP) is 2.95. The van der Waals surface area contributed by atoms with E-state index < -0.39 is 9.84 Å². The Labute approximate surface area is 159 Å². The molecular weight excluding hydrogens is 425 g/mol. The van der Waals surface area contributed by atoms with E-state index >= 15 is 0 Å². The first-order valence-electron chi connectivity index (χ1n) is 8.55. The Bertz CT molecular complexity index is 433. The number of aliphatic imine (C=N–C) groups is 1. The molecule has 1 unspecified atom stereocenters. The van der Waals surface area contributed by atoms with E-state index in [2.05, 4.69) is 15.6 Å². The topological polar surface area (TPSA) is 70.6 Å². The lowest BCUT2D eigenvalue weighted by molar-refractivity contribution is 0.374. The summed E-state index contributed by atoms with van der Waals surface area (Å²) >= 11 is 0. The van der Waals surface area contributed by atoms with Gasteiger partial charge in [0, 0.05) is 25.9 Å². The SMILES string of the molecule is CN=C(NCC1CCCCCCC1)NC(C)CCS(C)(=O)=O.I. The predicted molar refractivity (Wildman–Crippen MR) is 110 cm³/mol. The van der Waals surface area contributed by atoms with Gasteiger partial charge in [0.1, 0.15) is 9.84 Å². The number of hydrogen-bond acceptors (Lipinski definition) is 3. The standard InChI is InChI=1S/C16H33N3O2S.HI/c1-14(11-12-22(3,20)21)19-16(17-2)18-13-15-9-7-5-4-6-8-10-15;/h14-15H,4-13H2,1-3H3,(H2,17,18,19);1H. The van der Waals surface area contributed by atoms with Crippen LogP contribution in [0.3, 0.4) is 0 Å².